The molecule has 1 fully saturated rings. The molecular formula is C20H28N4O3. The van der Waals surface area contributed by atoms with E-state index in [2.05, 4.69) is 15.3 Å². The molecule has 146 valence electrons. The summed E-state index contributed by atoms with van der Waals surface area (Å²) >= 11 is 0. The van der Waals surface area contributed by atoms with Crippen LogP contribution in [-0.2, 0) is 16.0 Å². The summed E-state index contributed by atoms with van der Waals surface area (Å²) in [7, 11) is 0. The predicted octanol–water partition coefficient (Wildman–Crippen LogP) is 3.14. The number of nitrogens with one attached hydrogen (secondary N) is 1. The van der Waals surface area contributed by atoms with Gasteiger partial charge < -0.3 is 10.1 Å². The molecule has 0 unspecified atom stereocenters. The van der Waals surface area contributed by atoms with Crippen LogP contribution in [0.1, 0.15) is 63.3 Å². The largest absolute Gasteiger partial charge is 0.466 e. The molecule has 0 spiro atoms. The number of esters is 1. The van der Waals surface area contributed by atoms with Gasteiger partial charge in [-0.15, -0.1) is 0 Å². The number of carbonyl (C=O) groups is 1. The predicted molar refractivity (Wildman–Crippen MR) is 105 cm³/mol. The van der Waals surface area contributed by atoms with Crippen molar-refractivity contribution >= 4 is 23.0 Å². The molecule has 0 atom stereocenters. The van der Waals surface area contributed by atoms with Crippen LogP contribution >= 0.6 is 0 Å². The number of aromatic nitrogens is 3. The number of aryl methyl sites for hydroxylation is 2. The lowest BCUT2D eigenvalue weighted by molar-refractivity contribution is -0.143. The molecule has 2 aromatic heterocycles. The second kappa shape index (κ2) is 8.50. The van der Waals surface area contributed by atoms with Gasteiger partial charge in [-0.25, -0.2) is 4.98 Å². The van der Waals surface area contributed by atoms with Crippen LogP contribution in [-0.4, -0.2) is 33.7 Å². The third-order valence-electron chi connectivity index (χ3n) is 5.08. The minimum absolute atomic E-state index is 0.0424. The molecule has 2 heterocycles. The number of nitrogens with zero attached hydrogens (tertiary/aromatic N) is 3. The van der Waals surface area contributed by atoms with Gasteiger partial charge >= 0.3 is 5.97 Å². The van der Waals surface area contributed by atoms with Gasteiger partial charge in [0.1, 0.15) is 5.65 Å². The van der Waals surface area contributed by atoms with Crippen LogP contribution in [0.15, 0.2) is 10.9 Å². The van der Waals surface area contributed by atoms with E-state index in [4.69, 9.17) is 4.74 Å². The van der Waals surface area contributed by atoms with Crippen molar-refractivity contribution in [3.63, 3.8) is 0 Å². The zero-order valence-corrected chi connectivity index (χ0v) is 16.4. The molecule has 1 saturated carbocycles. The first-order valence-corrected chi connectivity index (χ1v) is 9.87. The third-order valence-corrected chi connectivity index (χ3v) is 5.08. The SMILES string of the molecule is CCNc1nc(C)c2cc(CCC(=O)OCC)c(=O)n(C3CCCC3)c2n1. The summed E-state index contributed by atoms with van der Waals surface area (Å²) in [5.41, 5.74) is 2.11. The van der Waals surface area contributed by atoms with Crippen molar-refractivity contribution in [1.82, 2.24) is 14.5 Å². The van der Waals surface area contributed by atoms with E-state index in [0.717, 1.165) is 43.3 Å². The van der Waals surface area contributed by atoms with E-state index in [1.165, 1.54) is 0 Å². The Morgan fingerprint density at radius 3 is 2.70 bits per heavy atom. The number of fused-ring (bicyclic) bond motifs is 1. The molecule has 1 N–H and O–H groups in total. The lowest BCUT2D eigenvalue weighted by Crippen LogP contribution is -2.28. The maximum Gasteiger partial charge on any atom is 0.306 e. The second-order valence-corrected chi connectivity index (χ2v) is 6.99. The lowest BCUT2D eigenvalue weighted by Gasteiger charge is -2.19. The number of carbonyl (C=O) groups excluding carboxylic acids is 1. The fourth-order valence-corrected chi connectivity index (χ4v) is 3.79. The van der Waals surface area contributed by atoms with Gasteiger partial charge in [-0.1, -0.05) is 12.8 Å². The Morgan fingerprint density at radius 1 is 1.30 bits per heavy atom. The minimum atomic E-state index is -0.278. The van der Waals surface area contributed by atoms with Crippen molar-refractivity contribution in [2.75, 3.05) is 18.5 Å². The van der Waals surface area contributed by atoms with Crippen LogP contribution in [0.5, 0.6) is 0 Å². The first-order valence-electron chi connectivity index (χ1n) is 9.87. The highest BCUT2D eigenvalue weighted by molar-refractivity contribution is 5.80. The average molecular weight is 372 g/mol. The summed E-state index contributed by atoms with van der Waals surface area (Å²) < 4.78 is 6.85. The fourth-order valence-electron chi connectivity index (χ4n) is 3.79. The second-order valence-electron chi connectivity index (χ2n) is 6.99. The standard InChI is InChI=1S/C20H28N4O3/c1-4-21-20-22-13(3)16-12-14(10-11-17(25)27-5-2)19(26)24(18(16)23-20)15-8-6-7-9-15/h12,15H,4-11H2,1-3H3,(H,21,22,23). The Hall–Kier alpha value is -2.44. The molecule has 1 aliphatic carbocycles. The number of ether oxygens (including phenoxy) is 1. The van der Waals surface area contributed by atoms with Crippen LogP contribution in [0, 0.1) is 6.92 Å². The van der Waals surface area contributed by atoms with Gasteiger partial charge in [-0.3, -0.25) is 14.2 Å². The molecular weight excluding hydrogens is 344 g/mol. The normalized spacial score (nSPS) is 14.6. The summed E-state index contributed by atoms with van der Waals surface area (Å²) in [6.07, 6.45) is 4.78. The summed E-state index contributed by atoms with van der Waals surface area (Å²) in [6.45, 7) is 6.78. The molecule has 0 radical (unpaired) electrons. The number of hydrogen-bond acceptors (Lipinski definition) is 6. The molecule has 3 rings (SSSR count). The van der Waals surface area contributed by atoms with Crippen molar-refractivity contribution in [2.24, 2.45) is 0 Å². The molecule has 0 bridgehead atoms. The summed E-state index contributed by atoms with van der Waals surface area (Å²) in [5, 5.41) is 4.02. The first kappa shape index (κ1) is 19.3. The van der Waals surface area contributed by atoms with Crippen LogP contribution in [0.4, 0.5) is 5.95 Å². The molecule has 0 aliphatic heterocycles. The molecule has 0 amide bonds. The average Bonchev–Trinajstić information content (AvgIpc) is 3.15. The highest BCUT2D eigenvalue weighted by atomic mass is 16.5. The quantitative estimate of drug-likeness (QED) is 0.752. The Kier molecular flexibility index (Phi) is 6.08. The molecule has 2 aromatic rings. The van der Waals surface area contributed by atoms with Gasteiger partial charge in [0.2, 0.25) is 5.95 Å². The zero-order valence-electron chi connectivity index (χ0n) is 16.4. The number of anilines is 1. The van der Waals surface area contributed by atoms with Crippen molar-refractivity contribution in [2.45, 2.75) is 65.3 Å². The molecule has 0 aromatic carbocycles. The van der Waals surface area contributed by atoms with Crippen molar-refractivity contribution in [1.29, 1.82) is 0 Å². The van der Waals surface area contributed by atoms with E-state index in [9.17, 15) is 9.59 Å². The van der Waals surface area contributed by atoms with Crippen molar-refractivity contribution in [3.05, 3.63) is 27.7 Å². The Bertz CT molecular complexity index is 885. The maximum atomic E-state index is 13.3. The zero-order chi connectivity index (χ0) is 19.4. The number of hydrogen-bond donors (Lipinski definition) is 1. The van der Waals surface area contributed by atoms with Gasteiger partial charge in [-0.05, 0) is 46.1 Å². The molecule has 0 saturated heterocycles. The molecule has 7 nitrogen and oxygen atoms in total. The molecule has 1 aliphatic rings. The van der Waals surface area contributed by atoms with E-state index < -0.39 is 0 Å². The molecule has 27 heavy (non-hydrogen) atoms. The fraction of sp³-hybridized carbons (Fsp3) is 0.600. The van der Waals surface area contributed by atoms with Gasteiger partial charge in [0, 0.05) is 30.0 Å². The number of rotatable bonds is 7. The van der Waals surface area contributed by atoms with E-state index >= 15 is 0 Å². The van der Waals surface area contributed by atoms with Crippen LogP contribution in [0.25, 0.3) is 11.0 Å². The van der Waals surface area contributed by atoms with Gasteiger partial charge in [0.25, 0.3) is 5.56 Å². The van der Waals surface area contributed by atoms with E-state index in [1.807, 2.05) is 24.5 Å². The van der Waals surface area contributed by atoms with Gasteiger partial charge in [-0.2, -0.15) is 4.98 Å². The summed E-state index contributed by atoms with van der Waals surface area (Å²) in [4.78, 5) is 34.2. The lowest BCUT2D eigenvalue weighted by atomic mass is 10.1. The van der Waals surface area contributed by atoms with E-state index in [1.54, 1.807) is 6.92 Å². The molecule has 7 heteroatoms. The van der Waals surface area contributed by atoms with Gasteiger partial charge in [0.15, 0.2) is 0 Å². The van der Waals surface area contributed by atoms with Gasteiger partial charge in [0.05, 0.1) is 12.3 Å². The summed E-state index contributed by atoms with van der Waals surface area (Å²) in [5.74, 6) is 0.271. The van der Waals surface area contributed by atoms with Crippen LogP contribution in [0.2, 0.25) is 0 Å². The van der Waals surface area contributed by atoms with E-state index in [0.29, 0.717) is 30.2 Å². The Morgan fingerprint density at radius 2 is 2.04 bits per heavy atom. The van der Waals surface area contributed by atoms with Crippen molar-refractivity contribution < 1.29 is 9.53 Å². The minimum Gasteiger partial charge on any atom is -0.466 e. The topological polar surface area (TPSA) is 86.1 Å². The summed E-state index contributed by atoms with van der Waals surface area (Å²) in [6, 6.07) is 2.01. The van der Waals surface area contributed by atoms with Crippen LogP contribution < -0.4 is 10.9 Å². The Balaban J connectivity index is 2.11. The monoisotopic (exact) mass is 372 g/mol. The van der Waals surface area contributed by atoms with Crippen molar-refractivity contribution in [3.8, 4) is 0 Å². The third kappa shape index (κ3) is 4.12. The highest BCUT2D eigenvalue weighted by Gasteiger charge is 2.23. The highest BCUT2D eigenvalue weighted by Crippen LogP contribution is 2.31. The first-order chi connectivity index (χ1) is 13.0. The van der Waals surface area contributed by atoms with E-state index in [-0.39, 0.29) is 24.0 Å². The maximum absolute atomic E-state index is 13.3. The van der Waals surface area contributed by atoms with Crippen LogP contribution in [0.3, 0.4) is 0 Å². The smallest absolute Gasteiger partial charge is 0.306 e. The Labute approximate surface area is 159 Å². The number of pyridine rings is 1.